The van der Waals surface area contributed by atoms with Crippen LogP contribution in [0.1, 0.15) is 15.9 Å². The summed E-state index contributed by atoms with van der Waals surface area (Å²) in [4.78, 5) is 28.1. The van der Waals surface area contributed by atoms with Crippen molar-refractivity contribution in [3.63, 3.8) is 0 Å². The van der Waals surface area contributed by atoms with Gasteiger partial charge >= 0.3 is 0 Å². The van der Waals surface area contributed by atoms with Gasteiger partial charge in [-0.25, -0.2) is 0 Å². The summed E-state index contributed by atoms with van der Waals surface area (Å²) in [6.07, 6.45) is 0.783. The molecule has 1 atom stereocenters. The van der Waals surface area contributed by atoms with Crippen molar-refractivity contribution in [3.05, 3.63) is 59.7 Å². The smallest absolute Gasteiger partial charge is 0.252 e. The van der Waals surface area contributed by atoms with E-state index in [0.29, 0.717) is 31.0 Å². The lowest BCUT2D eigenvalue weighted by Crippen LogP contribution is -2.48. The van der Waals surface area contributed by atoms with Crippen molar-refractivity contribution in [1.29, 1.82) is 0 Å². The Bertz CT molecular complexity index is 853. The Balaban J connectivity index is 1.38. The second-order valence-electron chi connectivity index (χ2n) is 6.81. The molecule has 0 radical (unpaired) electrons. The van der Waals surface area contributed by atoms with E-state index >= 15 is 0 Å². The molecule has 146 valence electrons. The summed E-state index contributed by atoms with van der Waals surface area (Å²) in [5, 5.41) is 5.66. The molecule has 2 amide bonds. The molecule has 7 heteroatoms. The number of morpholine rings is 1. The number of carbonyl (C=O) groups excluding carboxylic acids is 2. The molecule has 28 heavy (non-hydrogen) atoms. The summed E-state index contributed by atoms with van der Waals surface area (Å²) in [7, 11) is 0. The summed E-state index contributed by atoms with van der Waals surface area (Å²) < 4.78 is 5.37. The lowest BCUT2D eigenvalue weighted by atomic mass is 10.1. The highest BCUT2D eigenvalue weighted by Crippen LogP contribution is 2.37. The van der Waals surface area contributed by atoms with Crippen molar-refractivity contribution in [3.8, 4) is 0 Å². The molecule has 2 aromatic carbocycles. The Labute approximate surface area is 168 Å². The normalized spacial score (nSPS) is 19.6. The first-order valence-corrected chi connectivity index (χ1v) is 10.3. The Morgan fingerprint density at radius 1 is 1.18 bits per heavy atom. The molecule has 2 aromatic rings. The summed E-state index contributed by atoms with van der Waals surface area (Å²) in [6.45, 7) is 3.38. The molecule has 1 saturated heterocycles. The molecular weight excluding hydrogens is 374 g/mol. The third-order valence-corrected chi connectivity index (χ3v) is 6.23. The number of nitrogens with zero attached hydrogens (tertiary/aromatic N) is 1. The van der Waals surface area contributed by atoms with Crippen LogP contribution in [0.15, 0.2) is 53.4 Å². The Kier molecular flexibility index (Phi) is 5.95. The van der Waals surface area contributed by atoms with Crippen LogP contribution >= 0.6 is 11.8 Å². The highest BCUT2D eigenvalue weighted by molar-refractivity contribution is 8.00. The number of rotatable bonds is 5. The van der Waals surface area contributed by atoms with Crippen LogP contribution in [0.4, 0.5) is 5.69 Å². The number of hydrogen-bond acceptors (Lipinski definition) is 5. The van der Waals surface area contributed by atoms with Crippen molar-refractivity contribution in [2.75, 3.05) is 38.2 Å². The number of benzene rings is 2. The van der Waals surface area contributed by atoms with Gasteiger partial charge in [0.25, 0.3) is 11.8 Å². The van der Waals surface area contributed by atoms with Crippen LogP contribution in [0.3, 0.4) is 0 Å². The van der Waals surface area contributed by atoms with Gasteiger partial charge in [0, 0.05) is 30.1 Å². The molecule has 0 bridgehead atoms. The zero-order valence-electron chi connectivity index (χ0n) is 15.5. The van der Waals surface area contributed by atoms with E-state index in [1.165, 1.54) is 17.3 Å². The second-order valence-corrected chi connectivity index (χ2v) is 7.93. The maximum Gasteiger partial charge on any atom is 0.252 e. The number of amides is 2. The Hall–Kier alpha value is -2.35. The molecule has 2 aliphatic rings. The van der Waals surface area contributed by atoms with E-state index in [0.717, 1.165) is 24.4 Å². The van der Waals surface area contributed by atoms with Gasteiger partial charge in [0.15, 0.2) is 0 Å². The zero-order chi connectivity index (χ0) is 19.3. The van der Waals surface area contributed by atoms with Crippen LogP contribution in [0, 0.1) is 0 Å². The molecule has 2 aliphatic heterocycles. The molecule has 0 aromatic heterocycles. The van der Waals surface area contributed by atoms with E-state index in [2.05, 4.69) is 15.5 Å². The molecule has 2 N–H and O–H groups in total. The van der Waals surface area contributed by atoms with E-state index in [-0.39, 0.29) is 17.2 Å². The number of hydrogen-bond donors (Lipinski definition) is 2. The van der Waals surface area contributed by atoms with Gasteiger partial charge in [0.05, 0.1) is 18.9 Å². The number of nitrogens with one attached hydrogen (secondary N) is 2. The number of anilines is 1. The predicted octanol–water partition coefficient (Wildman–Crippen LogP) is 2.36. The van der Waals surface area contributed by atoms with Crippen LogP contribution < -0.4 is 10.6 Å². The largest absolute Gasteiger partial charge is 0.379 e. The molecule has 1 fully saturated rings. The Morgan fingerprint density at radius 3 is 2.75 bits per heavy atom. The number of ether oxygens (including phenoxy) is 1. The van der Waals surface area contributed by atoms with Gasteiger partial charge < -0.3 is 15.4 Å². The van der Waals surface area contributed by atoms with Crippen molar-refractivity contribution < 1.29 is 14.3 Å². The summed E-state index contributed by atoms with van der Waals surface area (Å²) in [5.74, 6) is -0.172. The van der Waals surface area contributed by atoms with E-state index in [1.807, 2.05) is 42.5 Å². The molecule has 4 rings (SSSR count). The molecule has 0 spiro atoms. The van der Waals surface area contributed by atoms with Crippen molar-refractivity contribution in [1.82, 2.24) is 10.2 Å². The highest BCUT2D eigenvalue weighted by atomic mass is 32.2. The van der Waals surface area contributed by atoms with Crippen LogP contribution in [-0.4, -0.2) is 54.9 Å². The van der Waals surface area contributed by atoms with Crippen molar-refractivity contribution in [2.45, 2.75) is 16.7 Å². The first kappa shape index (κ1) is 19.0. The van der Waals surface area contributed by atoms with Crippen LogP contribution in [0.25, 0.3) is 0 Å². The number of carbonyl (C=O) groups is 2. The average molecular weight is 398 g/mol. The van der Waals surface area contributed by atoms with Gasteiger partial charge in [-0.2, -0.15) is 0 Å². The number of fused-ring (bicyclic) bond motifs is 1. The van der Waals surface area contributed by atoms with Gasteiger partial charge in [-0.3, -0.25) is 14.5 Å². The first-order valence-electron chi connectivity index (χ1n) is 9.46. The van der Waals surface area contributed by atoms with Crippen LogP contribution in [-0.2, 0) is 16.0 Å². The summed E-state index contributed by atoms with van der Waals surface area (Å²) in [5.41, 5.74) is 2.44. The molecule has 0 unspecified atom stereocenters. The second kappa shape index (κ2) is 8.77. The van der Waals surface area contributed by atoms with Gasteiger partial charge in [0.1, 0.15) is 5.37 Å². The minimum atomic E-state index is -0.248. The van der Waals surface area contributed by atoms with E-state index in [9.17, 15) is 9.59 Å². The lowest BCUT2D eigenvalue weighted by Gasteiger charge is -2.35. The minimum absolute atomic E-state index is 0.0407. The van der Waals surface area contributed by atoms with Crippen LogP contribution in [0.5, 0.6) is 0 Å². The lowest BCUT2D eigenvalue weighted by molar-refractivity contribution is -0.119. The molecule has 0 aliphatic carbocycles. The highest BCUT2D eigenvalue weighted by Gasteiger charge is 2.33. The fraction of sp³-hybridized carbons (Fsp3) is 0.333. The third kappa shape index (κ3) is 4.38. The van der Waals surface area contributed by atoms with E-state index in [1.54, 1.807) is 6.07 Å². The SMILES string of the molecule is O=C(NCCc1ccccc1)c1ccc2c(c1)NC(=O)[C@@H](N1CCOCC1)S2. The molecule has 0 saturated carbocycles. The minimum Gasteiger partial charge on any atom is -0.379 e. The van der Waals surface area contributed by atoms with Gasteiger partial charge in [-0.05, 0) is 30.2 Å². The molecular formula is C21H23N3O3S. The monoisotopic (exact) mass is 397 g/mol. The van der Waals surface area contributed by atoms with Crippen molar-refractivity contribution in [2.24, 2.45) is 0 Å². The van der Waals surface area contributed by atoms with Gasteiger partial charge in [-0.1, -0.05) is 42.1 Å². The topological polar surface area (TPSA) is 70.7 Å². The maximum absolute atomic E-state index is 12.6. The van der Waals surface area contributed by atoms with Gasteiger partial charge in [-0.15, -0.1) is 0 Å². The molecule has 6 nitrogen and oxygen atoms in total. The zero-order valence-corrected chi connectivity index (χ0v) is 16.3. The number of thioether (sulfide) groups is 1. The van der Waals surface area contributed by atoms with E-state index in [4.69, 9.17) is 4.74 Å². The Morgan fingerprint density at radius 2 is 1.96 bits per heavy atom. The fourth-order valence-electron chi connectivity index (χ4n) is 3.36. The fourth-order valence-corrected chi connectivity index (χ4v) is 4.51. The standard InChI is InChI=1S/C21H23N3O3S/c25-19(22-9-8-15-4-2-1-3-5-15)16-6-7-18-17(14-16)23-20(26)21(28-18)24-10-12-27-13-11-24/h1-7,14,21H,8-13H2,(H,22,25)(H,23,26)/t21-/m0/s1. The summed E-state index contributed by atoms with van der Waals surface area (Å²) in [6, 6.07) is 15.5. The van der Waals surface area contributed by atoms with Crippen LogP contribution in [0.2, 0.25) is 0 Å². The summed E-state index contributed by atoms with van der Waals surface area (Å²) >= 11 is 1.53. The average Bonchev–Trinajstić information content (AvgIpc) is 2.74. The first-order chi connectivity index (χ1) is 13.7. The predicted molar refractivity (Wildman–Crippen MR) is 110 cm³/mol. The molecule has 2 heterocycles. The van der Waals surface area contributed by atoms with E-state index < -0.39 is 0 Å². The third-order valence-electron chi connectivity index (χ3n) is 4.88. The quantitative estimate of drug-likeness (QED) is 0.811. The maximum atomic E-state index is 12.6. The van der Waals surface area contributed by atoms with Gasteiger partial charge in [0.2, 0.25) is 0 Å². The van der Waals surface area contributed by atoms with Crippen molar-refractivity contribution >= 4 is 29.3 Å².